The molecule has 4 rings (SSSR count). The second-order valence-corrected chi connectivity index (χ2v) is 8.39. The van der Waals surface area contributed by atoms with Crippen LogP contribution in [-0.4, -0.2) is 22.5 Å². The minimum absolute atomic E-state index is 0.0199. The molecule has 1 amide bonds. The molecule has 0 spiro atoms. The van der Waals surface area contributed by atoms with Gasteiger partial charge in [0.25, 0.3) is 0 Å². The molecule has 0 radical (unpaired) electrons. The maximum atomic E-state index is 12.5. The maximum absolute atomic E-state index is 12.5. The molecule has 2 N–H and O–H groups in total. The number of aliphatic hydroxyl groups is 1. The molecular formula is C25H30N2O3. The first-order valence-electron chi connectivity index (χ1n) is 11.1. The van der Waals surface area contributed by atoms with Crippen molar-refractivity contribution < 1.29 is 14.3 Å². The number of rotatable bonds is 8. The molecule has 2 aromatic carbocycles. The summed E-state index contributed by atoms with van der Waals surface area (Å²) in [6, 6.07) is 16.7. The molecule has 0 bridgehead atoms. The Kier molecular flexibility index (Phi) is 6.48. The Morgan fingerprint density at radius 1 is 1.07 bits per heavy atom. The predicted molar refractivity (Wildman–Crippen MR) is 117 cm³/mol. The van der Waals surface area contributed by atoms with Crippen LogP contribution in [0.25, 0.3) is 11.1 Å². The monoisotopic (exact) mass is 406 g/mol. The Labute approximate surface area is 177 Å². The number of amides is 1. The SMILES string of the molecule is O=C(CCCC1CCCCC1)NCC(O)(c1ccccc1)c1nc2ccccc2o1. The van der Waals surface area contributed by atoms with Gasteiger partial charge in [-0.3, -0.25) is 4.79 Å². The number of fused-ring (bicyclic) bond motifs is 1. The van der Waals surface area contributed by atoms with Crippen LogP contribution in [0.5, 0.6) is 0 Å². The lowest BCUT2D eigenvalue weighted by atomic mass is 9.86. The van der Waals surface area contributed by atoms with E-state index in [1.807, 2.05) is 54.6 Å². The van der Waals surface area contributed by atoms with Crippen molar-refractivity contribution in [3.63, 3.8) is 0 Å². The second kappa shape index (κ2) is 9.43. The van der Waals surface area contributed by atoms with Crippen LogP contribution in [0.3, 0.4) is 0 Å². The molecule has 1 fully saturated rings. The third-order valence-corrected chi connectivity index (χ3v) is 6.18. The average Bonchev–Trinajstić information content (AvgIpc) is 3.24. The van der Waals surface area contributed by atoms with Crippen LogP contribution < -0.4 is 5.32 Å². The van der Waals surface area contributed by atoms with Gasteiger partial charge >= 0.3 is 0 Å². The fourth-order valence-electron chi connectivity index (χ4n) is 4.41. The van der Waals surface area contributed by atoms with Gasteiger partial charge in [0.1, 0.15) is 5.52 Å². The summed E-state index contributed by atoms with van der Waals surface area (Å²) in [5.74, 6) is 0.918. The van der Waals surface area contributed by atoms with Crippen LogP contribution in [0.1, 0.15) is 62.8 Å². The van der Waals surface area contributed by atoms with Crippen molar-refractivity contribution in [2.24, 2.45) is 5.92 Å². The highest BCUT2D eigenvalue weighted by molar-refractivity contribution is 5.76. The summed E-state index contributed by atoms with van der Waals surface area (Å²) in [5.41, 5.74) is 0.402. The number of hydrogen-bond donors (Lipinski definition) is 2. The molecule has 1 atom stereocenters. The molecular weight excluding hydrogens is 376 g/mol. The maximum Gasteiger partial charge on any atom is 0.234 e. The van der Waals surface area contributed by atoms with Gasteiger partial charge < -0.3 is 14.8 Å². The molecule has 3 aromatic rings. The fraction of sp³-hybridized carbons (Fsp3) is 0.440. The Bertz CT molecular complexity index is 930. The highest BCUT2D eigenvalue weighted by Crippen LogP contribution is 2.31. The molecule has 1 aliphatic carbocycles. The van der Waals surface area contributed by atoms with E-state index in [4.69, 9.17) is 4.42 Å². The van der Waals surface area contributed by atoms with Crippen LogP contribution in [0.2, 0.25) is 0 Å². The minimum atomic E-state index is -1.53. The largest absolute Gasteiger partial charge is 0.437 e. The average molecular weight is 407 g/mol. The van der Waals surface area contributed by atoms with Crippen molar-refractivity contribution in [3.8, 4) is 0 Å². The number of aromatic nitrogens is 1. The first-order valence-corrected chi connectivity index (χ1v) is 11.1. The summed E-state index contributed by atoms with van der Waals surface area (Å²) < 4.78 is 5.87. The van der Waals surface area contributed by atoms with E-state index in [0.29, 0.717) is 23.1 Å². The number of carbonyl (C=O) groups excluding carboxylic acids is 1. The molecule has 5 nitrogen and oxygen atoms in total. The van der Waals surface area contributed by atoms with Gasteiger partial charge in [0.2, 0.25) is 11.8 Å². The Balaban J connectivity index is 1.43. The standard InChI is InChI=1S/C25H30N2O3/c28-23(17-9-12-19-10-3-1-4-11-19)26-18-25(29,20-13-5-2-6-14-20)24-27-21-15-7-8-16-22(21)30-24/h2,5-8,13-16,19,29H,1,3-4,9-12,17-18H2,(H,26,28). The van der Waals surface area contributed by atoms with Crippen LogP contribution >= 0.6 is 0 Å². The summed E-state index contributed by atoms with van der Waals surface area (Å²) in [6.07, 6.45) is 9.08. The fourth-order valence-corrected chi connectivity index (χ4v) is 4.41. The van der Waals surface area contributed by atoms with Gasteiger partial charge in [-0.2, -0.15) is 0 Å². The minimum Gasteiger partial charge on any atom is -0.437 e. The van der Waals surface area contributed by atoms with Crippen LogP contribution in [-0.2, 0) is 10.4 Å². The van der Waals surface area contributed by atoms with Crippen molar-refractivity contribution >= 4 is 17.0 Å². The molecule has 0 saturated heterocycles. The Morgan fingerprint density at radius 2 is 1.80 bits per heavy atom. The molecule has 1 unspecified atom stereocenters. The van der Waals surface area contributed by atoms with Crippen molar-refractivity contribution in [1.29, 1.82) is 0 Å². The van der Waals surface area contributed by atoms with Gasteiger partial charge in [-0.05, 0) is 36.5 Å². The zero-order valence-corrected chi connectivity index (χ0v) is 17.3. The quantitative estimate of drug-likeness (QED) is 0.556. The number of hydrogen-bond acceptors (Lipinski definition) is 4. The van der Waals surface area contributed by atoms with Gasteiger partial charge in [-0.25, -0.2) is 4.98 Å². The highest BCUT2D eigenvalue weighted by atomic mass is 16.4. The molecule has 0 aliphatic heterocycles. The van der Waals surface area contributed by atoms with Gasteiger partial charge in [0, 0.05) is 6.42 Å². The molecule has 1 heterocycles. The van der Waals surface area contributed by atoms with E-state index in [1.165, 1.54) is 32.1 Å². The molecule has 1 saturated carbocycles. The zero-order valence-electron chi connectivity index (χ0n) is 17.3. The normalized spacial score (nSPS) is 17.0. The molecule has 1 aliphatic rings. The van der Waals surface area contributed by atoms with Crippen molar-refractivity contribution in [2.45, 2.75) is 57.0 Å². The van der Waals surface area contributed by atoms with E-state index in [-0.39, 0.29) is 18.3 Å². The first kappa shape index (κ1) is 20.6. The summed E-state index contributed by atoms with van der Waals surface area (Å²) in [4.78, 5) is 17.0. The van der Waals surface area contributed by atoms with Crippen molar-refractivity contribution in [2.75, 3.05) is 6.54 Å². The zero-order chi connectivity index (χ0) is 20.8. The number of para-hydroxylation sites is 2. The number of benzene rings is 2. The number of carbonyl (C=O) groups is 1. The summed E-state index contributed by atoms with van der Waals surface area (Å²) >= 11 is 0. The smallest absolute Gasteiger partial charge is 0.234 e. The van der Waals surface area contributed by atoms with E-state index in [1.54, 1.807) is 0 Å². The van der Waals surface area contributed by atoms with E-state index >= 15 is 0 Å². The molecule has 5 heteroatoms. The summed E-state index contributed by atoms with van der Waals surface area (Å²) in [7, 11) is 0. The van der Waals surface area contributed by atoms with Crippen LogP contribution in [0.4, 0.5) is 0 Å². The summed E-state index contributed by atoms with van der Waals surface area (Å²) in [6.45, 7) is 0.0199. The van der Waals surface area contributed by atoms with Crippen LogP contribution in [0.15, 0.2) is 59.0 Å². The van der Waals surface area contributed by atoms with Gasteiger partial charge in [-0.1, -0.05) is 74.6 Å². The lowest BCUT2D eigenvalue weighted by Crippen LogP contribution is -2.42. The lowest BCUT2D eigenvalue weighted by Gasteiger charge is -2.26. The number of nitrogens with one attached hydrogen (secondary N) is 1. The van der Waals surface area contributed by atoms with E-state index in [9.17, 15) is 9.90 Å². The van der Waals surface area contributed by atoms with E-state index < -0.39 is 5.60 Å². The van der Waals surface area contributed by atoms with Crippen LogP contribution in [0, 0.1) is 5.92 Å². The molecule has 30 heavy (non-hydrogen) atoms. The summed E-state index contributed by atoms with van der Waals surface area (Å²) in [5, 5.41) is 14.5. The Hall–Kier alpha value is -2.66. The third kappa shape index (κ3) is 4.73. The van der Waals surface area contributed by atoms with Gasteiger partial charge in [0.15, 0.2) is 11.2 Å². The number of nitrogens with zero attached hydrogens (tertiary/aromatic N) is 1. The first-order chi connectivity index (χ1) is 14.6. The third-order valence-electron chi connectivity index (χ3n) is 6.18. The lowest BCUT2D eigenvalue weighted by molar-refractivity contribution is -0.122. The van der Waals surface area contributed by atoms with Gasteiger partial charge in [0.05, 0.1) is 6.54 Å². The second-order valence-electron chi connectivity index (χ2n) is 8.39. The number of oxazole rings is 1. The predicted octanol–water partition coefficient (Wildman–Crippen LogP) is 4.93. The highest BCUT2D eigenvalue weighted by Gasteiger charge is 2.37. The van der Waals surface area contributed by atoms with Crippen molar-refractivity contribution in [1.82, 2.24) is 10.3 Å². The topological polar surface area (TPSA) is 75.4 Å². The molecule has 1 aromatic heterocycles. The molecule has 158 valence electrons. The van der Waals surface area contributed by atoms with Gasteiger partial charge in [-0.15, -0.1) is 0 Å². The Morgan fingerprint density at radius 3 is 2.57 bits per heavy atom. The van der Waals surface area contributed by atoms with E-state index in [0.717, 1.165) is 18.8 Å². The van der Waals surface area contributed by atoms with Crippen molar-refractivity contribution in [3.05, 3.63) is 66.1 Å². The van der Waals surface area contributed by atoms with E-state index in [2.05, 4.69) is 10.3 Å².